The van der Waals surface area contributed by atoms with Crippen LogP contribution in [0.4, 0.5) is 5.69 Å². The Morgan fingerprint density at radius 1 is 1.29 bits per heavy atom. The lowest BCUT2D eigenvalue weighted by Crippen LogP contribution is -2.59. The lowest BCUT2D eigenvalue weighted by molar-refractivity contribution is 0.180. The average molecular weight is 247 g/mol. The van der Waals surface area contributed by atoms with E-state index in [1.165, 1.54) is 10.6 Å². The van der Waals surface area contributed by atoms with Crippen LogP contribution in [0, 0.1) is 5.41 Å². The van der Waals surface area contributed by atoms with Crippen LogP contribution < -0.4 is 10.3 Å². The lowest BCUT2D eigenvalue weighted by Gasteiger charge is -2.44. The number of hydrazone groups is 1. The van der Waals surface area contributed by atoms with Crippen molar-refractivity contribution in [1.82, 2.24) is 5.43 Å². The zero-order valence-electron chi connectivity index (χ0n) is 10.6. The summed E-state index contributed by atoms with van der Waals surface area (Å²) in [5, 5.41) is 5.55. The minimum atomic E-state index is -0.165. The van der Waals surface area contributed by atoms with Crippen LogP contribution in [0.25, 0.3) is 0 Å². The topological polar surface area (TPSA) is 27.6 Å². The molecule has 0 radical (unpaired) electrons. The van der Waals surface area contributed by atoms with Crippen molar-refractivity contribution in [3.05, 3.63) is 24.3 Å². The zero-order valence-corrected chi connectivity index (χ0v) is 11.4. The molecule has 0 aromatic heterocycles. The third kappa shape index (κ3) is 1.33. The van der Waals surface area contributed by atoms with Crippen molar-refractivity contribution in [2.75, 3.05) is 4.90 Å². The van der Waals surface area contributed by atoms with Crippen molar-refractivity contribution in [3.63, 3.8) is 0 Å². The molecular formula is C13H17N3S. The molecule has 1 atom stereocenters. The molecule has 0 fully saturated rings. The Balaban J connectivity index is 2.12. The average Bonchev–Trinajstić information content (AvgIpc) is 2.76. The molecule has 2 heterocycles. The summed E-state index contributed by atoms with van der Waals surface area (Å²) < 4.78 is 0. The normalized spacial score (nSPS) is 26.4. The number of para-hydroxylation sites is 1. The van der Waals surface area contributed by atoms with E-state index in [1.54, 1.807) is 11.8 Å². The highest BCUT2D eigenvalue weighted by Gasteiger charge is 2.51. The number of anilines is 1. The van der Waals surface area contributed by atoms with E-state index in [9.17, 15) is 0 Å². The number of hydrogen-bond donors (Lipinski definition) is 1. The summed E-state index contributed by atoms with van der Waals surface area (Å²) in [5.74, 6) is 0. The van der Waals surface area contributed by atoms with E-state index in [4.69, 9.17) is 0 Å². The Hall–Kier alpha value is -1.16. The number of hydrogen-bond acceptors (Lipinski definition) is 4. The molecule has 0 spiro atoms. The van der Waals surface area contributed by atoms with E-state index < -0.39 is 0 Å². The largest absolute Gasteiger partial charge is 0.293 e. The number of amidine groups is 1. The molecule has 2 aliphatic heterocycles. The van der Waals surface area contributed by atoms with Gasteiger partial charge in [-0.1, -0.05) is 32.9 Å². The van der Waals surface area contributed by atoms with Gasteiger partial charge in [0, 0.05) is 10.3 Å². The molecule has 1 aromatic carbocycles. The monoisotopic (exact) mass is 247 g/mol. The Labute approximate surface area is 106 Å². The second-order valence-corrected chi connectivity index (χ2v) is 6.74. The molecule has 17 heavy (non-hydrogen) atoms. The molecule has 3 rings (SSSR count). The van der Waals surface area contributed by atoms with Gasteiger partial charge in [-0.3, -0.25) is 10.3 Å². The first-order chi connectivity index (χ1) is 7.93. The van der Waals surface area contributed by atoms with Crippen molar-refractivity contribution in [3.8, 4) is 0 Å². The van der Waals surface area contributed by atoms with Gasteiger partial charge in [0.1, 0.15) is 5.66 Å². The summed E-state index contributed by atoms with van der Waals surface area (Å²) in [4.78, 5) is 3.62. The summed E-state index contributed by atoms with van der Waals surface area (Å²) in [6, 6.07) is 8.49. The summed E-state index contributed by atoms with van der Waals surface area (Å²) in [5.41, 5.74) is 4.50. The summed E-state index contributed by atoms with van der Waals surface area (Å²) in [6.07, 6.45) is 0. The fourth-order valence-electron chi connectivity index (χ4n) is 2.19. The molecule has 90 valence electrons. The molecule has 0 saturated heterocycles. The predicted molar refractivity (Wildman–Crippen MR) is 73.2 cm³/mol. The van der Waals surface area contributed by atoms with Gasteiger partial charge in [-0.25, -0.2) is 0 Å². The van der Waals surface area contributed by atoms with Crippen LogP contribution in [0.1, 0.15) is 27.7 Å². The van der Waals surface area contributed by atoms with Crippen LogP contribution in [0.5, 0.6) is 0 Å². The van der Waals surface area contributed by atoms with Crippen LogP contribution in [0.15, 0.2) is 34.3 Å². The highest BCUT2D eigenvalue weighted by Crippen LogP contribution is 2.49. The van der Waals surface area contributed by atoms with Crippen LogP contribution in [-0.2, 0) is 0 Å². The van der Waals surface area contributed by atoms with Gasteiger partial charge in [-0.2, -0.15) is 5.10 Å². The Bertz CT molecular complexity index is 504. The van der Waals surface area contributed by atoms with Crippen molar-refractivity contribution in [2.45, 2.75) is 38.3 Å². The first-order valence-corrected chi connectivity index (χ1v) is 6.67. The predicted octanol–water partition coefficient (Wildman–Crippen LogP) is 3.24. The maximum absolute atomic E-state index is 4.49. The van der Waals surface area contributed by atoms with Gasteiger partial charge in [-0.15, -0.1) is 0 Å². The third-order valence-corrected chi connectivity index (χ3v) is 4.80. The smallest absolute Gasteiger partial charge is 0.194 e. The molecule has 3 nitrogen and oxygen atoms in total. The number of rotatable bonds is 0. The van der Waals surface area contributed by atoms with Crippen molar-refractivity contribution in [1.29, 1.82) is 0 Å². The third-order valence-electron chi connectivity index (χ3n) is 3.78. The van der Waals surface area contributed by atoms with Crippen molar-refractivity contribution < 1.29 is 0 Å². The maximum Gasteiger partial charge on any atom is 0.194 e. The number of nitrogens with one attached hydrogen (secondary N) is 1. The Kier molecular flexibility index (Phi) is 2.06. The van der Waals surface area contributed by atoms with Gasteiger partial charge in [0.15, 0.2) is 5.17 Å². The quantitative estimate of drug-likeness (QED) is 0.762. The van der Waals surface area contributed by atoms with Crippen LogP contribution in [0.2, 0.25) is 0 Å². The lowest BCUT2D eigenvalue weighted by atomic mass is 9.81. The molecule has 0 saturated carbocycles. The van der Waals surface area contributed by atoms with Gasteiger partial charge in [0.05, 0.1) is 5.69 Å². The fourth-order valence-corrected chi connectivity index (χ4v) is 3.26. The molecule has 0 amide bonds. The summed E-state index contributed by atoms with van der Waals surface area (Å²) in [6.45, 7) is 8.93. The van der Waals surface area contributed by atoms with Crippen LogP contribution >= 0.6 is 11.8 Å². The maximum atomic E-state index is 4.49. The first kappa shape index (κ1) is 11.0. The second-order valence-electron chi connectivity index (χ2n) is 5.73. The Morgan fingerprint density at radius 3 is 2.71 bits per heavy atom. The van der Waals surface area contributed by atoms with Crippen molar-refractivity contribution in [2.24, 2.45) is 10.5 Å². The van der Waals surface area contributed by atoms with E-state index in [1.807, 2.05) is 0 Å². The van der Waals surface area contributed by atoms with Crippen LogP contribution in [0.3, 0.4) is 0 Å². The zero-order chi connectivity index (χ0) is 12.3. The van der Waals surface area contributed by atoms with Gasteiger partial charge in [0.2, 0.25) is 0 Å². The second kappa shape index (κ2) is 3.19. The molecule has 1 aromatic rings. The van der Waals surface area contributed by atoms with E-state index in [2.05, 4.69) is 67.4 Å². The minimum absolute atomic E-state index is 0.0935. The number of fused-ring (bicyclic) bond motifs is 3. The number of nitrogens with zero attached hydrogens (tertiary/aromatic N) is 2. The van der Waals surface area contributed by atoms with Gasteiger partial charge in [0.25, 0.3) is 0 Å². The van der Waals surface area contributed by atoms with E-state index in [0.29, 0.717) is 0 Å². The van der Waals surface area contributed by atoms with Crippen LogP contribution in [-0.4, -0.2) is 10.8 Å². The standard InChI is InChI=1S/C13H17N3S/c1-12(2,3)13(4)15-14-11-16(13)9-7-5-6-8-10(9)17-11/h5-8,15H,1-4H3. The van der Waals surface area contributed by atoms with Gasteiger partial charge < -0.3 is 0 Å². The highest BCUT2D eigenvalue weighted by molar-refractivity contribution is 8.14. The molecule has 0 bridgehead atoms. The van der Waals surface area contributed by atoms with E-state index in [-0.39, 0.29) is 11.1 Å². The van der Waals surface area contributed by atoms with E-state index >= 15 is 0 Å². The summed E-state index contributed by atoms with van der Waals surface area (Å²) >= 11 is 1.74. The minimum Gasteiger partial charge on any atom is -0.293 e. The van der Waals surface area contributed by atoms with E-state index in [0.717, 1.165) is 5.17 Å². The summed E-state index contributed by atoms with van der Waals surface area (Å²) in [7, 11) is 0. The molecule has 1 unspecified atom stereocenters. The molecule has 0 aliphatic carbocycles. The SMILES string of the molecule is CC(C)(C)C1(C)NN=C2Sc3ccccc3N21. The number of thioether (sulfide) groups is 1. The number of benzene rings is 1. The molecule has 4 heteroatoms. The van der Waals surface area contributed by atoms with Gasteiger partial charge >= 0.3 is 0 Å². The highest BCUT2D eigenvalue weighted by atomic mass is 32.2. The molecule has 1 N–H and O–H groups in total. The Morgan fingerprint density at radius 2 is 2.00 bits per heavy atom. The fraction of sp³-hybridized carbons (Fsp3) is 0.462. The van der Waals surface area contributed by atoms with Gasteiger partial charge in [-0.05, 0) is 30.8 Å². The molecular weight excluding hydrogens is 230 g/mol. The first-order valence-electron chi connectivity index (χ1n) is 5.85. The molecule has 2 aliphatic rings. The van der Waals surface area contributed by atoms with Crippen molar-refractivity contribution >= 4 is 22.6 Å².